The highest BCUT2D eigenvalue weighted by molar-refractivity contribution is 6.18. The average molecular weight is 238 g/mol. The lowest BCUT2D eigenvalue weighted by atomic mass is 9.93. The van der Waals surface area contributed by atoms with E-state index in [1.807, 2.05) is 0 Å². The van der Waals surface area contributed by atoms with Gasteiger partial charge in [0.2, 0.25) is 0 Å². The van der Waals surface area contributed by atoms with Gasteiger partial charge in [-0.15, -0.1) is 11.6 Å². The van der Waals surface area contributed by atoms with Crippen molar-refractivity contribution in [3.63, 3.8) is 0 Å². The van der Waals surface area contributed by atoms with E-state index in [2.05, 4.69) is 43.0 Å². The van der Waals surface area contributed by atoms with E-state index in [0.717, 1.165) is 24.9 Å². The molecule has 2 unspecified atom stereocenters. The lowest BCUT2D eigenvalue weighted by molar-refractivity contribution is 0.502. The van der Waals surface area contributed by atoms with Crippen molar-refractivity contribution < 1.29 is 0 Å². The van der Waals surface area contributed by atoms with Gasteiger partial charge in [0.15, 0.2) is 0 Å². The quantitative estimate of drug-likeness (QED) is 0.727. The molecule has 0 radical (unpaired) electrons. The van der Waals surface area contributed by atoms with Gasteiger partial charge >= 0.3 is 0 Å². The topological polar surface area (TPSA) is 3.24 Å². The maximum Gasteiger partial charge on any atom is 0.0399 e. The number of benzene rings is 1. The Morgan fingerprint density at radius 1 is 1.44 bits per heavy atom. The Balaban J connectivity index is 2.20. The Morgan fingerprint density at radius 3 is 2.94 bits per heavy atom. The zero-order valence-corrected chi connectivity index (χ0v) is 10.9. The van der Waals surface area contributed by atoms with Crippen molar-refractivity contribution in [2.24, 2.45) is 11.8 Å². The van der Waals surface area contributed by atoms with Crippen LogP contribution < -0.4 is 4.90 Å². The summed E-state index contributed by atoms with van der Waals surface area (Å²) in [5, 5.41) is 0. The Labute approximate surface area is 103 Å². The standard InChI is InChI=1S/C14H20ClN/c1-11-7-13-5-3-4-6-14(13)16(9-11)10-12(2)8-15/h3-6,11-12H,7-10H2,1-2H3. The highest BCUT2D eigenvalue weighted by atomic mass is 35.5. The zero-order valence-electron chi connectivity index (χ0n) is 10.1. The molecule has 0 spiro atoms. The fraction of sp³-hybridized carbons (Fsp3) is 0.571. The minimum absolute atomic E-state index is 0.556. The van der Waals surface area contributed by atoms with Gasteiger partial charge in [-0.1, -0.05) is 32.0 Å². The van der Waals surface area contributed by atoms with Gasteiger partial charge in [0.05, 0.1) is 0 Å². The first-order chi connectivity index (χ1) is 7.70. The van der Waals surface area contributed by atoms with Crippen LogP contribution >= 0.6 is 11.6 Å². The minimum atomic E-state index is 0.556. The van der Waals surface area contributed by atoms with Gasteiger partial charge < -0.3 is 4.90 Å². The summed E-state index contributed by atoms with van der Waals surface area (Å²) in [6.07, 6.45) is 1.21. The molecule has 16 heavy (non-hydrogen) atoms. The highest BCUT2D eigenvalue weighted by Gasteiger charge is 2.22. The third kappa shape index (κ3) is 2.52. The van der Waals surface area contributed by atoms with Crippen molar-refractivity contribution >= 4 is 17.3 Å². The van der Waals surface area contributed by atoms with Crippen LogP contribution in [0.15, 0.2) is 24.3 Å². The molecule has 2 rings (SSSR count). The molecule has 1 nitrogen and oxygen atoms in total. The lowest BCUT2D eigenvalue weighted by Crippen LogP contribution is -2.37. The number of nitrogens with zero attached hydrogens (tertiary/aromatic N) is 1. The van der Waals surface area contributed by atoms with E-state index in [1.54, 1.807) is 0 Å². The van der Waals surface area contributed by atoms with Gasteiger partial charge in [0, 0.05) is 24.7 Å². The molecule has 1 aromatic carbocycles. The maximum absolute atomic E-state index is 5.91. The van der Waals surface area contributed by atoms with Crippen LogP contribution in [0, 0.1) is 11.8 Å². The predicted molar refractivity (Wildman–Crippen MR) is 71.4 cm³/mol. The van der Waals surface area contributed by atoms with Gasteiger partial charge in [0.25, 0.3) is 0 Å². The molecule has 0 aliphatic carbocycles. The third-order valence-electron chi connectivity index (χ3n) is 3.23. The lowest BCUT2D eigenvalue weighted by Gasteiger charge is -2.36. The number of halogens is 1. The Bertz CT molecular complexity index is 350. The van der Waals surface area contributed by atoms with Crippen molar-refractivity contribution in [1.82, 2.24) is 0 Å². The van der Waals surface area contributed by atoms with Crippen LogP contribution in [0.4, 0.5) is 5.69 Å². The smallest absolute Gasteiger partial charge is 0.0399 e. The molecule has 0 saturated carbocycles. The fourth-order valence-electron chi connectivity index (χ4n) is 2.50. The van der Waals surface area contributed by atoms with Crippen molar-refractivity contribution in [1.29, 1.82) is 0 Å². The first kappa shape index (κ1) is 11.8. The van der Waals surface area contributed by atoms with Gasteiger partial charge in [-0.3, -0.25) is 0 Å². The summed E-state index contributed by atoms with van der Waals surface area (Å²) < 4.78 is 0. The molecule has 2 atom stereocenters. The second kappa shape index (κ2) is 5.09. The molecule has 2 heteroatoms. The Kier molecular flexibility index (Phi) is 3.75. The van der Waals surface area contributed by atoms with Crippen molar-refractivity contribution in [2.75, 3.05) is 23.9 Å². The Hall–Kier alpha value is -0.690. The Morgan fingerprint density at radius 2 is 2.19 bits per heavy atom. The van der Waals surface area contributed by atoms with E-state index in [9.17, 15) is 0 Å². The van der Waals surface area contributed by atoms with Gasteiger partial charge in [-0.2, -0.15) is 0 Å². The van der Waals surface area contributed by atoms with Crippen LogP contribution in [-0.4, -0.2) is 19.0 Å². The number of hydrogen-bond donors (Lipinski definition) is 0. The number of hydrogen-bond acceptors (Lipinski definition) is 1. The fourth-order valence-corrected chi connectivity index (χ4v) is 2.60. The van der Waals surface area contributed by atoms with Crippen LogP contribution in [0.25, 0.3) is 0 Å². The predicted octanol–water partition coefficient (Wildman–Crippen LogP) is 3.56. The molecular formula is C14H20ClN. The number of para-hydroxylation sites is 1. The molecule has 1 aliphatic heterocycles. The summed E-state index contributed by atoms with van der Waals surface area (Å²) in [4.78, 5) is 2.50. The molecule has 88 valence electrons. The summed E-state index contributed by atoms with van der Waals surface area (Å²) in [7, 11) is 0. The molecule has 0 N–H and O–H groups in total. The number of fused-ring (bicyclic) bond motifs is 1. The summed E-state index contributed by atoms with van der Waals surface area (Å²) in [5.41, 5.74) is 2.90. The van der Waals surface area contributed by atoms with Crippen LogP contribution in [0.3, 0.4) is 0 Å². The van der Waals surface area contributed by atoms with Crippen LogP contribution in [0.2, 0.25) is 0 Å². The van der Waals surface area contributed by atoms with Gasteiger partial charge in [0.1, 0.15) is 0 Å². The van der Waals surface area contributed by atoms with Crippen molar-refractivity contribution in [2.45, 2.75) is 20.3 Å². The zero-order chi connectivity index (χ0) is 11.5. The minimum Gasteiger partial charge on any atom is -0.371 e. The van der Waals surface area contributed by atoms with E-state index in [-0.39, 0.29) is 0 Å². The van der Waals surface area contributed by atoms with Gasteiger partial charge in [-0.25, -0.2) is 0 Å². The number of anilines is 1. The molecule has 0 fully saturated rings. The summed E-state index contributed by atoms with van der Waals surface area (Å²) in [6, 6.07) is 8.76. The average Bonchev–Trinajstić information content (AvgIpc) is 2.28. The van der Waals surface area contributed by atoms with Crippen LogP contribution in [-0.2, 0) is 6.42 Å². The van der Waals surface area contributed by atoms with E-state index in [4.69, 9.17) is 11.6 Å². The molecule has 1 aromatic rings. The molecule has 0 saturated heterocycles. The van der Waals surface area contributed by atoms with E-state index >= 15 is 0 Å². The van der Waals surface area contributed by atoms with Crippen molar-refractivity contribution in [3.05, 3.63) is 29.8 Å². The molecule has 0 bridgehead atoms. The normalized spacial score (nSPS) is 21.7. The molecule has 1 aliphatic rings. The highest BCUT2D eigenvalue weighted by Crippen LogP contribution is 2.29. The summed E-state index contributed by atoms with van der Waals surface area (Å²) >= 11 is 5.91. The van der Waals surface area contributed by atoms with Crippen LogP contribution in [0.5, 0.6) is 0 Å². The molecule has 1 heterocycles. The van der Waals surface area contributed by atoms with E-state index < -0.39 is 0 Å². The second-order valence-electron chi connectivity index (χ2n) is 5.10. The van der Waals surface area contributed by atoms with E-state index in [0.29, 0.717) is 5.92 Å². The largest absolute Gasteiger partial charge is 0.371 e. The number of rotatable bonds is 3. The van der Waals surface area contributed by atoms with Gasteiger partial charge in [-0.05, 0) is 29.9 Å². The van der Waals surface area contributed by atoms with Crippen LogP contribution in [0.1, 0.15) is 19.4 Å². The second-order valence-corrected chi connectivity index (χ2v) is 5.41. The maximum atomic E-state index is 5.91. The SMILES string of the molecule is CC(CCl)CN1CC(C)Cc2ccccc21. The summed E-state index contributed by atoms with van der Waals surface area (Å²) in [5.74, 6) is 2.05. The molecule has 0 aromatic heterocycles. The molecular weight excluding hydrogens is 218 g/mol. The summed E-state index contributed by atoms with van der Waals surface area (Å²) in [6.45, 7) is 6.78. The first-order valence-corrected chi connectivity index (χ1v) is 6.63. The van der Waals surface area contributed by atoms with Crippen molar-refractivity contribution in [3.8, 4) is 0 Å². The first-order valence-electron chi connectivity index (χ1n) is 6.09. The number of alkyl halides is 1. The van der Waals surface area contributed by atoms with E-state index in [1.165, 1.54) is 17.7 Å². The molecule has 0 amide bonds. The monoisotopic (exact) mass is 237 g/mol. The third-order valence-corrected chi connectivity index (χ3v) is 3.76.